The molecule has 1 aliphatic heterocycles. The largest absolute Gasteiger partial charge is 0.504 e. The van der Waals surface area contributed by atoms with E-state index in [4.69, 9.17) is 26.4 Å². The van der Waals surface area contributed by atoms with E-state index in [0.29, 0.717) is 28.1 Å². The zero-order valence-corrected chi connectivity index (χ0v) is 15.5. The van der Waals surface area contributed by atoms with Gasteiger partial charge in [0.2, 0.25) is 11.8 Å². The number of ether oxygens (including phenoxy) is 2. The fourth-order valence-corrected chi connectivity index (χ4v) is 3.14. The van der Waals surface area contributed by atoms with Crippen LogP contribution in [0.1, 0.15) is 22.6 Å². The van der Waals surface area contributed by atoms with Crippen LogP contribution >= 0.6 is 0 Å². The smallest absolute Gasteiger partial charge is 0.220 e. The molecular weight excluding hydrogens is 356 g/mol. The average molecular weight is 376 g/mol. The Bertz CT molecular complexity index is 1050. The van der Waals surface area contributed by atoms with Gasteiger partial charge in [0.05, 0.1) is 18.6 Å². The van der Waals surface area contributed by atoms with Gasteiger partial charge in [0.25, 0.3) is 0 Å². The van der Waals surface area contributed by atoms with E-state index in [0.717, 1.165) is 5.56 Å². The molecule has 0 saturated carbocycles. The maximum atomic E-state index is 10.2. The van der Waals surface area contributed by atoms with Crippen molar-refractivity contribution in [3.8, 4) is 17.6 Å². The first kappa shape index (κ1) is 18.9. The van der Waals surface area contributed by atoms with Gasteiger partial charge in [-0.05, 0) is 30.2 Å². The summed E-state index contributed by atoms with van der Waals surface area (Å²) < 4.78 is 10.4. The number of benzene rings is 2. The third-order valence-electron chi connectivity index (χ3n) is 4.61. The predicted molar refractivity (Wildman–Crippen MR) is 105 cm³/mol. The summed E-state index contributed by atoms with van der Waals surface area (Å²) in [4.78, 5) is 0. The lowest BCUT2D eigenvalue weighted by Crippen LogP contribution is -2.28. The molecule has 0 radical (unpaired) electrons. The third kappa shape index (κ3) is 3.23. The lowest BCUT2D eigenvalue weighted by molar-refractivity contribution is 0.372. The highest BCUT2D eigenvalue weighted by molar-refractivity contribution is 6.03. The summed E-state index contributed by atoms with van der Waals surface area (Å²) in [6.45, 7) is 1.96. The average Bonchev–Trinajstić information content (AvgIpc) is 2.67. The number of methoxy groups -OCH3 is 1. The number of nitrogens with two attached hydrogens (primary N) is 2. The van der Waals surface area contributed by atoms with Crippen LogP contribution in [0.4, 0.5) is 0 Å². The van der Waals surface area contributed by atoms with Gasteiger partial charge >= 0.3 is 0 Å². The summed E-state index contributed by atoms with van der Waals surface area (Å²) in [6.07, 6.45) is 0. The molecule has 0 fully saturated rings. The summed E-state index contributed by atoms with van der Waals surface area (Å²) >= 11 is 0. The van der Waals surface area contributed by atoms with Crippen LogP contribution in [0.3, 0.4) is 0 Å². The molecule has 0 saturated heterocycles. The summed E-state index contributed by atoms with van der Waals surface area (Å²) in [5.74, 6) is -0.965. The molecule has 0 bridgehead atoms. The first-order valence-corrected chi connectivity index (χ1v) is 8.47. The standard InChI is InChI=1S/C21H20N4O3/c1-11-3-5-12(6-4-11)19(23)18-17(14(10-22)20(24)28-21(18)25)13-7-8-16(27-2)15(26)9-13/h3-9,17,25-26H,23-24H2,1-2H3. The van der Waals surface area contributed by atoms with Gasteiger partial charge in [0.1, 0.15) is 11.6 Å². The fraction of sp³-hybridized carbons (Fsp3) is 0.143. The number of nitriles is 1. The molecule has 1 unspecified atom stereocenters. The number of nitrogens with one attached hydrogen (secondary N) is 1. The van der Waals surface area contributed by atoms with Crippen molar-refractivity contribution < 1.29 is 14.6 Å². The van der Waals surface area contributed by atoms with E-state index in [9.17, 15) is 10.4 Å². The number of aryl methyl sites for hydroxylation is 1. The third-order valence-corrected chi connectivity index (χ3v) is 4.61. The minimum atomic E-state index is -0.760. The second-order valence-electron chi connectivity index (χ2n) is 6.38. The highest BCUT2D eigenvalue weighted by atomic mass is 16.5. The lowest BCUT2D eigenvalue weighted by atomic mass is 9.81. The zero-order chi connectivity index (χ0) is 20.4. The van der Waals surface area contributed by atoms with Crippen LogP contribution in [0.15, 0.2) is 59.5 Å². The molecule has 1 aliphatic rings. The number of phenolic OH excluding ortho intramolecular Hbond substituents is 1. The van der Waals surface area contributed by atoms with Gasteiger partial charge in [0.15, 0.2) is 11.5 Å². The van der Waals surface area contributed by atoms with Crippen molar-refractivity contribution >= 4 is 11.6 Å². The molecule has 1 atom stereocenters. The van der Waals surface area contributed by atoms with E-state index in [1.54, 1.807) is 12.1 Å². The quantitative estimate of drug-likeness (QED) is 0.650. The molecule has 0 amide bonds. The molecule has 0 aliphatic carbocycles. The Labute approximate surface area is 162 Å². The maximum absolute atomic E-state index is 10.2. The van der Waals surface area contributed by atoms with Gasteiger partial charge in [-0.15, -0.1) is 0 Å². The van der Waals surface area contributed by atoms with Gasteiger partial charge in [-0.2, -0.15) is 5.26 Å². The van der Waals surface area contributed by atoms with Crippen LogP contribution in [-0.2, 0) is 4.74 Å². The van der Waals surface area contributed by atoms with Crippen molar-refractivity contribution in [2.45, 2.75) is 12.8 Å². The minimum absolute atomic E-state index is 0.0952. The molecule has 0 aromatic heterocycles. The number of phenols is 1. The van der Waals surface area contributed by atoms with Crippen LogP contribution in [0, 0.1) is 23.7 Å². The first-order chi connectivity index (χ1) is 13.4. The molecule has 7 nitrogen and oxygen atoms in total. The molecule has 142 valence electrons. The van der Waals surface area contributed by atoms with Gasteiger partial charge in [-0.1, -0.05) is 35.9 Å². The number of hydrogen-bond acceptors (Lipinski definition) is 7. The molecule has 3 rings (SSSR count). The summed E-state index contributed by atoms with van der Waals surface area (Å²) in [6, 6.07) is 14.3. The fourth-order valence-electron chi connectivity index (χ4n) is 3.14. The second kappa shape index (κ2) is 7.37. The SMILES string of the molecule is COc1ccc(C2C(C#N)=C(N)OC(=N)C2=C(N)c2ccc(C)cc2)cc1O. The summed E-state index contributed by atoms with van der Waals surface area (Å²) in [5, 5.41) is 28.2. The topological polar surface area (TPSA) is 138 Å². The summed E-state index contributed by atoms with van der Waals surface area (Å²) in [7, 11) is 1.44. The van der Waals surface area contributed by atoms with Crippen molar-refractivity contribution in [2.75, 3.05) is 7.11 Å². The van der Waals surface area contributed by atoms with Gasteiger partial charge < -0.3 is 26.0 Å². The van der Waals surface area contributed by atoms with E-state index in [2.05, 4.69) is 0 Å². The molecular formula is C21H20N4O3. The Morgan fingerprint density at radius 1 is 1.25 bits per heavy atom. The Balaban J connectivity index is 2.26. The summed E-state index contributed by atoms with van der Waals surface area (Å²) in [5.41, 5.74) is 15.3. The number of rotatable bonds is 3. The highest BCUT2D eigenvalue weighted by Crippen LogP contribution is 2.42. The van der Waals surface area contributed by atoms with E-state index < -0.39 is 5.92 Å². The minimum Gasteiger partial charge on any atom is -0.504 e. The molecule has 2 aromatic rings. The van der Waals surface area contributed by atoms with Crippen LogP contribution in [-0.4, -0.2) is 18.1 Å². The van der Waals surface area contributed by atoms with E-state index in [-0.39, 0.29) is 23.1 Å². The highest BCUT2D eigenvalue weighted by Gasteiger charge is 2.35. The predicted octanol–water partition coefficient (Wildman–Crippen LogP) is 2.86. The van der Waals surface area contributed by atoms with Crippen LogP contribution in [0.2, 0.25) is 0 Å². The van der Waals surface area contributed by atoms with Crippen LogP contribution in [0.25, 0.3) is 5.70 Å². The normalized spacial score (nSPS) is 18.3. The van der Waals surface area contributed by atoms with Crippen LogP contribution in [0.5, 0.6) is 11.5 Å². The van der Waals surface area contributed by atoms with E-state index in [1.165, 1.54) is 13.2 Å². The number of allylic oxidation sites excluding steroid dienone is 1. The Kier molecular flexibility index (Phi) is 4.96. The second-order valence-corrected chi connectivity index (χ2v) is 6.38. The van der Waals surface area contributed by atoms with E-state index >= 15 is 0 Å². The van der Waals surface area contributed by atoms with Crippen molar-refractivity contribution in [3.63, 3.8) is 0 Å². The molecule has 7 heteroatoms. The van der Waals surface area contributed by atoms with Gasteiger partial charge in [0, 0.05) is 5.70 Å². The zero-order valence-electron chi connectivity index (χ0n) is 15.5. The molecule has 2 aromatic carbocycles. The molecule has 0 spiro atoms. The van der Waals surface area contributed by atoms with Crippen molar-refractivity contribution in [3.05, 3.63) is 76.2 Å². The Hall–Kier alpha value is -3.92. The first-order valence-electron chi connectivity index (χ1n) is 8.47. The van der Waals surface area contributed by atoms with Crippen molar-refractivity contribution in [2.24, 2.45) is 11.5 Å². The van der Waals surface area contributed by atoms with E-state index in [1.807, 2.05) is 37.3 Å². The molecule has 28 heavy (non-hydrogen) atoms. The number of nitrogens with zero attached hydrogens (tertiary/aromatic N) is 1. The Morgan fingerprint density at radius 3 is 2.50 bits per heavy atom. The van der Waals surface area contributed by atoms with Gasteiger partial charge in [-0.25, -0.2) is 0 Å². The van der Waals surface area contributed by atoms with Crippen molar-refractivity contribution in [1.82, 2.24) is 0 Å². The van der Waals surface area contributed by atoms with Crippen molar-refractivity contribution in [1.29, 1.82) is 10.7 Å². The Morgan fingerprint density at radius 2 is 1.93 bits per heavy atom. The number of hydrogen-bond donors (Lipinski definition) is 4. The molecule has 6 N–H and O–H groups in total. The monoisotopic (exact) mass is 376 g/mol. The lowest BCUT2D eigenvalue weighted by Gasteiger charge is -2.28. The van der Waals surface area contributed by atoms with Crippen LogP contribution < -0.4 is 16.2 Å². The molecule has 1 heterocycles. The van der Waals surface area contributed by atoms with Gasteiger partial charge in [-0.3, -0.25) is 5.41 Å². The maximum Gasteiger partial charge on any atom is 0.220 e. The number of aromatic hydroxyl groups is 1.